The Labute approximate surface area is 163 Å². The quantitative estimate of drug-likeness (QED) is 0.772. The third kappa shape index (κ3) is 2.94. The summed E-state index contributed by atoms with van der Waals surface area (Å²) in [5.41, 5.74) is 1.50. The predicted octanol–water partition coefficient (Wildman–Crippen LogP) is 1.26. The number of hydrogen-bond acceptors (Lipinski definition) is 5. The first-order valence-corrected chi connectivity index (χ1v) is 11.0. The van der Waals surface area contributed by atoms with Crippen molar-refractivity contribution in [2.75, 3.05) is 32.8 Å². The lowest BCUT2D eigenvalue weighted by atomic mass is 10.2. The second kappa shape index (κ2) is 6.68. The maximum absolute atomic E-state index is 13.3. The number of carbonyl (C=O) groups is 1. The third-order valence-electron chi connectivity index (χ3n) is 5.59. The van der Waals surface area contributed by atoms with Gasteiger partial charge in [0.05, 0.1) is 31.1 Å². The summed E-state index contributed by atoms with van der Waals surface area (Å²) < 4.78 is 35.2. The predicted molar refractivity (Wildman–Crippen MR) is 101 cm³/mol. The maximum Gasteiger partial charge on any atom is 0.274 e. The number of fused-ring (bicyclic) bond motifs is 3. The van der Waals surface area contributed by atoms with Crippen LogP contribution in [0, 0.1) is 5.92 Å². The Morgan fingerprint density at radius 2 is 1.93 bits per heavy atom. The molecule has 148 valence electrons. The number of carbonyl (C=O) groups excluding carboxylic acids is 1. The van der Waals surface area contributed by atoms with Gasteiger partial charge in [0.2, 0.25) is 10.0 Å². The molecular weight excluding hydrogens is 380 g/mol. The number of amides is 1. The molecule has 1 aromatic heterocycles. The molecule has 1 saturated heterocycles. The molecule has 3 heterocycles. The van der Waals surface area contributed by atoms with Gasteiger partial charge < -0.3 is 9.64 Å². The number of nitrogens with zero attached hydrogens (tertiary/aromatic N) is 4. The van der Waals surface area contributed by atoms with Crippen molar-refractivity contribution in [1.29, 1.82) is 0 Å². The Balaban J connectivity index is 1.61. The highest BCUT2D eigenvalue weighted by atomic mass is 32.2. The number of aromatic nitrogens is 2. The molecule has 2 aromatic rings. The van der Waals surface area contributed by atoms with Crippen LogP contribution >= 0.6 is 0 Å². The van der Waals surface area contributed by atoms with E-state index >= 15 is 0 Å². The van der Waals surface area contributed by atoms with Gasteiger partial charge in [0.25, 0.3) is 5.91 Å². The van der Waals surface area contributed by atoms with E-state index in [4.69, 9.17) is 4.74 Å². The van der Waals surface area contributed by atoms with E-state index in [2.05, 4.69) is 4.98 Å². The Morgan fingerprint density at radius 3 is 2.68 bits per heavy atom. The monoisotopic (exact) mass is 402 g/mol. The highest BCUT2D eigenvalue weighted by molar-refractivity contribution is 7.89. The van der Waals surface area contributed by atoms with Crippen molar-refractivity contribution in [2.24, 2.45) is 5.92 Å². The van der Waals surface area contributed by atoms with E-state index in [-0.39, 0.29) is 17.3 Å². The Morgan fingerprint density at radius 1 is 1.18 bits per heavy atom. The summed E-state index contributed by atoms with van der Waals surface area (Å²) >= 11 is 0. The van der Waals surface area contributed by atoms with E-state index < -0.39 is 10.0 Å². The molecule has 5 rings (SSSR count). The molecule has 1 saturated carbocycles. The van der Waals surface area contributed by atoms with E-state index in [0.717, 1.165) is 12.8 Å². The summed E-state index contributed by atoms with van der Waals surface area (Å²) in [6, 6.07) is 6.93. The van der Waals surface area contributed by atoms with Gasteiger partial charge >= 0.3 is 0 Å². The highest BCUT2D eigenvalue weighted by Gasteiger charge is 2.38. The summed E-state index contributed by atoms with van der Waals surface area (Å²) in [5, 5.41) is 0. The van der Waals surface area contributed by atoms with Gasteiger partial charge in [0.1, 0.15) is 11.2 Å². The topological polar surface area (TPSA) is 84.7 Å². The van der Waals surface area contributed by atoms with Gasteiger partial charge in [0, 0.05) is 19.6 Å². The summed E-state index contributed by atoms with van der Waals surface area (Å²) in [6.07, 6.45) is 3.66. The number of ether oxygens (including phenoxy) is 1. The van der Waals surface area contributed by atoms with Gasteiger partial charge in [-0.05, 0) is 30.9 Å². The second-order valence-electron chi connectivity index (χ2n) is 7.52. The smallest absolute Gasteiger partial charge is 0.274 e. The molecule has 0 N–H and O–H groups in total. The van der Waals surface area contributed by atoms with Crippen LogP contribution in [0.2, 0.25) is 0 Å². The lowest BCUT2D eigenvalue weighted by molar-refractivity contribution is 0.0298. The van der Waals surface area contributed by atoms with Gasteiger partial charge in [-0.3, -0.25) is 9.36 Å². The van der Waals surface area contributed by atoms with Gasteiger partial charge in [-0.2, -0.15) is 4.31 Å². The minimum absolute atomic E-state index is 0.152. The molecule has 8 nitrogen and oxygen atoms in total. The molecule has 2 fully saturated rings. The number of benzene rings is 1. The van der Waals surface area contributed by atoms with E-state index in [1.807, 2.05) is 0 Å². The number of morpholine rings is 1. The first-order valence-electron chi connectivity index (χ1n) is 9.58. The van der Waals surface area contributed by atoms with Crippen LogP contribution in [-0.4, -0.2) is 65.9 Å². The minimum atomic E-state index is -3.64. The van der Waals surface area contributed by atoms with Crippen molar-refractivity contribution < 1.29 is 17.9 Å². The zero-order valence-electron chi connectivity index (χ0n) is 15.5. The molecular formula is C19H22N4O4S. The van der Waals surface area contributed by atoms with Crippen LogP contribution in [0.3, 0.4) is 0 Å². The summed E-state index contributed by atoms with van der Waals surface area (Å²) in [5.74, 6) is 0.231. The SMILES string of the molecule is O=C(c1ncn2c1CN(CC1CC1)S(=O)(=O)c1ccccc1-2)N1CCOCC1. The minimum Gasteiger partial charge on any atom is -0.378 e. The normalized spacial score (nSPS) is 21.6. The molecule has 0 spiro atoms. The lowest BCUT2D eigenvalue weighted by Crippen LogP contribution is -2.41. The molecule has 9 heteroatoms. The Hall–Kier alpha value is -2.23. The molecule has 0 bridgehead atoms. The van der Waals surface area contributed by atoms with E-state index in [0.29, 0.717) is 55.8 Å². The Kier molecular flexibility index (Phi) is 4.26. The number of imidazole rings is 1. The zero-order valence-corrected chi connectivity index (χ0v) is 16.3. The first-order chi connectivity index (χ1) is 13.6. The summed E-state index contributed by atoms with van der Waals surface area (Å²) in [6.45, 7) is 2.68. The third-order valence-corrected chi connectivity index (χ3v) is 7.45. The molecule has 2 aliphatic heterocycles. The van der Waals surface area contributed by atoms with Crippen LogP contribution in [-0.2, 0) is 21.3 Å². The van der Waals surface area contributed by atoms with Crippen molar-refractivity contribution in [1.82, 2.24) is 18.8 Å². The standard InChI is InChI=1S/C19H22N4O4S/c24-19(21-7-9-27-10-8-21)18-16-12-22(11-14-5-6-14)28(25,26)17-4-2-1-3-15(17)23(16)13-20-18/h1-4,13-14H,5-12H2. The highest BCUT2D eigenvalue weighted by Crippen LogP contribution is 2.36. The largest absolute Gasteiger partial charge is 0.378 e. The molecule has 1 aliphatic carbocycles. The molecule has 1 aromatic carbocycles. The molecule has 1 amide bonds. The number of rotatable bonds is 3. The average molecular weight is 402 g/mol. The fraction of sp³-hybridized carbons (Fsp3) is 0.474. The van der Waals surface area contributed by atoms with E-state index in [1.54, 1.807) is 40.1 Å². The van der Waals surface area contributed by atoms with Crippen molar-refractivity contribution in [3.8, 4) is 5.69 Å². The van der Waals surface area contributed by atoms with Crippen LogP contribution in [0.5, 0.6) is 0 Å². The number of hydrogen-bond donors (Lipinski definition) is 0. The number of sulfonamides is 1. The van der Waals surface area contributed by atoms with Crippen molar-refractivity contribution >= 4 is 15.9 Å². The van der Waals surface area contributed by atoms with Gasteiger partial charge in [-0.1, -0.05) is 12.1 Å². The van der Waals surface area contributed by atoms with Crippen molar-refractivity contribution in [3.05, 3.63) is 42.0 Å². The Bertz CT molecular complexity index is 1020. The van der Waals surface area contributed by atoms with E-state index in [9.17, 15) is 13.2 Å². The van der Waals surface area contributed by atoms with Gasteiger partial charge in [-0.25, -0.2) is 13.4 Å². The molecule has 0 unspecified atom stereocenters. The summed E-state index contributed by atoms with van der Waals surface area (Å²) in [4.78, 5) is 19.5. The van der Waals surface area contributed by atoms with Crippen LogP contribution in [0.1, 0.15) is 29.0 Å². The fourth-order valence-corrected chi connectivity index (χ4v) is 5.50. The van der Waals surface area contributed by atoms with Crippen molar-refractivity contribution in [3.63, 3.8) is 0 Å². The number of para-hydroxylation sites is 1. The van der Waals surface area contributed by atoms with Crippen LogP contribution < -0.4 is 0 Å². The van der Waals surface area contributed by atoms with Crippen molar-refractivity contribution in [2.45, 2.75) is 24.3 Å². The lowest BCUT2D eigenvalue weighted by Gasteiger charge is -2.26. The second-order valence-corrected chi connectivity index (χ2v) is 9.43. The first kappa shape index (κ1) is 17.8. The zero-order chi connectivity index (χ0) is 19.3. The molecule has 0 atom stereocenters. The van der Waals surface area contributed by atoms with E-state index in [1.165, 1.54) is 4.31 Å². The summed E-state index contributed by atoms with van der Waals surface area (Å²) in [7, 11) is -3.64. The van der Waals surface area contributed by atoms with Gasteiger partial charge in [0.15, 0.2) is 5.69 Å². The molecule has 0 radical (unpaired) electrons. The molecule has 28 heavy (non-hydrogen) atoms. The average Bonchev–Trinajstić information content (AvgIpc) is 3.46. The van der Waals surface area contributed by atoms with Crippen LogP contribution in [0.25, 0.3) is 5.69 Å². The van der Waals surface area contributed by atoms with Crippen LogP contribution in [0.15, 0.2) is 35.5 Å². The van der Waals surface area contributed by atoms with Gasteiger partial charge in [-0.15, -0.1) is 0 Å². The van der Waals surface area contributed by atoms with Crippen LogP contribution in [0.4, 0.5) is 0 Å². The maximum atomic E-state index is 13.3. The fourth-order valence-electron chi connectivity index (χ4n) is 3.84. The molecule has 3 aliphatic rings.